The van der Waals surface area contributed by atoms with E-state index in [9.17, 15) is 9.59 Å². The summed E-state index contributed by atoms with van der Waals surface area (Å²) in [4.78, 5) is 25.6. The average Bonchev–Trinajstić information content (AvgIpc) is 3.25. The topological polar surface area (TPSA) is 81.9 Å². The number of hydrogen-bond donors (Lipinski definition) is 1. The van der Waals surface area contributed by atoms with Crippen molar-refractivity contribution in [1.29, 1.82) is 0 Å². The minimum absolute atomic E-state index is 0.118. The van der Waals surface area contributed by atoms with Gasteiger partial charge in [-0.15, -0.1) is 0 Å². The van der Waals surface area contributed by atoms with Crippen LogP contribution in [0, 0.1) is 11.3 Å². The molecule has 1 atom stereocenters. The quantitative estimate of drug-likeness (QED) is 0.805. The molecule has 1 aliphatic heterocycles. The highest BCUT2D eigenvalue weighted by molar-refractivity contribution is 5.77. The molecule has 6 heteroatoms. The first-order valence-corrected chi connectivity index (χ1v) is 8.01. The maximum Gasteiger partial charge on any atom is 0.410 e. The molecule has 1 heterocycles. The van der Waals surface area contributed by atoms with E-state index < -0.39 is 11.6 Å². The third-order valence-corrected chi connectivity index (χ3v) is 4.86. The number of esters is 1. The van der Waals surface area contributed by atoms with Crippen LogP contribution in [-0.2, 0) is 14.3 Å². The highest BCUT2D eigenvalue weighted by atomic mass is 16.6. The standard InChI is InChI=1S/C16H28N2O4/c1-15(2,3)22-14(20)18-9-5-11(6-10-18)16(7-8-16)12(17)13(19)21-4/h11-12H,5-10,17H2,1-4H3. The molecule has 1 saturated carbocycles. The molecule has 22 heavy (non-hydrogen) atoms. The molecule has 6 nitrogen and oxygen atoms in total. The van der Waals surface area contributed by atoms with Crippen LogP contribution >= 0.6 is 0 Å². The minimum atomic E-state index is -0.546. The largest absolute Gasteiger partial charge is 0.468 e. The van der Waals surface area contributed by atoms with Crippen molar-refractivity contribution in [2.75, 3.05) is 20.2 Å². The molecule has 0 spiro atoms. The van der Waals surface area contributed by atoms with Gasteiger partial charge in [0.05, 0.1) is 7.11 Å². The van der Waals surface area contributed by atoms with Gasteiger partial charge in [0.1, 0.15) is 11.6 Å². The minimum Gasteiger partial charge on any atom is -0.468 e. The van der Waals surface area contributed by atoms with Gasteiger partial charge < -0.3 is 20.1 Å². The summed E-state index contributed by atoms with van der Waals surface area (Å²) in [6.45, 7) is 6.93. The third-order valence-electron chi connectivity index (χ3n) is 4.86. The third kappa shape index (κ3) is 3.54. The number of carbonyl (C=O) groups excluding carboxylic acids is 2. The highest BCUT2D eigenvalue weighted by Gasteiger charge is 2.56. The number of nitrogens with two attached hydrogens (primary N) is 1. The zero-order valence-electron chi connectivity index (χ0n) is 14.1. The fraction of sp³-hybridized carbons (Fsp3) is 0.875. The molecule has 1 amide bonds. The molecule has 1 saturated heterocycles. The summed E-state index contributed by atoms with van der Waals surface area (Å²) in [6, 6.07) is -0.546. The predicted octanol–water partition coefficient (Wildman–Crippen LogP) is 1.91. The molecule has 0 aromatic heterocycles. The van der Waals surface area contributed by atoms with Crippen molar-refractivity contribution in [2.24, 2.45) is 17.1 Å². The van der Waals surface area contributed by atoms with Crippen molar-refractivity contribution in [2.45, 2.75) is 58.1 Å². The van der Waals surface area contributed by atoms with Crippen LogP contribution in [0.2, 0.25) is 0 Å². The van der Waals surface area contributed by atoms with Crippen molar-refractivity contribution >= 4 is 12.1 Å². The van der Waals surface area contributed by atoms with Gasteiger partial charge in [0.2, 0.25) is 0 Å². The molecule has 2 N–H and O–H groups in total. The van der Waals surface area contributed by atoms with Gasteiger partial charge in [-0.05, 0) is 57.8 Å². The smallest absolute Gasteiger partial charge is 0.410 e. The summed E-state index contributed by atoms with van der Waals surface area (Å²) < 4.78 is 10.2. The zero-order valence-corrected chi connectivity index (χ0v) is 14.1. The summed E-state index contributed by atoms with van der Waals surface area (Å²) in [5, 5.41) is 0. The van der Waals surface area contributed by atoms with E-state index in [-0.39, 0.29) is 17.5 Å². The first-order chi connectivity index (χ1) is 10.2. The summed E-state index contributed by atoms with van der Waals surface area (Å²) in [6.07, 6.45) is 3.42. The Hall–Kier alpha value is -1.30. The maximum atomic E-state index is 12.1. The number of carbonyl (C=O) groups is 2. The normalized spacial score (nSPS) is 22.9. The van der Waals surface area contributed by atoms with Gasteiger partial charge in [0, 0.05) is 13.1 Å². The van der Waals surface area contributed by atoms with Crippen molar-refractivity contribution in [3.8, 4) is 0 Å². The summed E-state index contributed by atoms with van der Waals surface area (Å²) >= 11 is 0. The Morgan fingerprint density at radius 2 is 1.77 bits per heavy atom. The lowest BCUT2D eigenvalue weighted by atomic mass is 9.77. The van der Waals surface area contributed by atoms with Crippen LogP contribution in [0.25, 0.3) is 0 Å². The van der Waals surface area contributed by atoms with E-state index in [0.717, 1.165) is 25.7 Å². The van der Waals surface area contributed by atoms with Crippen LogP contribution in [0.15, 0.2) is 0 Å². The Kier molecular flexibility index (Phi) is 4.70. The molecule has 1 aliphatic carbocycles. The number of ether oxygens (including phenoxy) is 2. The second-order valence-electron chi connectivity index (χ2n) is 7.48. The molecule has 126 valence electrons. The van der Waals surface area contributed by atoms with E-state index in [1.807, 2.05) is 20.8 Å². The zero-order chi connectivity index (χ0) is 16.5. The molecule has 0 bridgehead atoms. The molecule has 2 rings (SSSR count). The summed E-state index contributed by atoms with van der Waals surface area (Å²) in [7, 11) is 1.38. The first kappa shape index (κ1) is 17.1. The molecular weight excluding hydrogens is 284 g/mol. The Labute approximate surface area is 132 Å². The van der Waals surface area contributed by atoms with Gasteiger partial charge >= 0.3 is 12.1 Å². The van der Waals surface area contributed by atoms with Gasteiger partial charge in [-0.2, -0.15) is 0 Å². The molecular formula is C16H28N2O4. The average molecular weight is 312 g/mol. The lowest BCUT2D eigenvalue weighted by molar-refractivity contribution is -0.145. The monoisotopic (exact) mass is 312 g/mol. The van der Waals surface area contributed by atoms with Crippen LogP contribution < -0.4 is 5.73 Å². The van der Waals surface area contributed by atoms with Gasteiger partial charge in [-0.3, -0.25) is 4.79 Å². The van der Waals surface area contributed by atoms with Gasteiger partial charge in [-0.1, -0.05) is 0 Å². The van der Waals surface area contributed by atoms with E-state index >= 15 is 0 Å². The van der Waals surface area contributed by atoms with Gasteiger partial charge in [-0.25, -0.2) is 4.79 Å². The predicted molar refractivity (Wildman–Crippen MR) is 82.2 cm³/mol. The maximum absolute atomic E-state index is 12.1. The van der Waals surface area contributed by atoms with Gasteiger partial charge in [0.25, 0.3) is 0 Å². The second kappa shape index (κ2) is 6.07. The van der Waals surface area contributed by atoms with E-state index in [2.05, 4.69) is 0 Å². The van der Waals surface area contributed by atoms with Crippen LogP contribution in [-0.4, -0.2) is 48.8 Å². The lowest BCUT2D eigenvalue weighted by Crippen LogP contribution is -2.48. The van der Waals surface area contributed by atoms with Crippen LogP contribution in [0.3, 0.4) is 0 Å². The Morgan fingerprint density at radius 3 is 2.18 bits per heavy atom. The van der Waals surface area contributed by atoms with E-state index in [0.29, 0.717) is 19.0 Å². The Bertz CT molecular complexity index is 432. The first-order valence-electron chi connectivity index (χ1n) is 8.01. The molecule has 2 aliphatic rings. The number of rotatable bonds is 3. The van der Waals surface area contributed by atoms with E-state index in [1.165, 1.54) is 7.11 Å². The summed E-state index contributed by atoms with van der Waals surface area (Å²) in [5.74, 6) is 0.0485. The number of hydrogen-bond acceptors (Lipinski definition) is 5. The van der Waals surface area contributed by atoms with Crippen molar-refractivity contribution in [3.05, 3.63) is 0 Å². The second-order valence-corrected chi connectivity index (χ2v) is 7.48. The number of methoxy groups -OCH3 is 1. The number of amides is 1. The van der Waals surface area contributed by atoms with Crippen LogP contribution in [0.5, 0.6) is 0 Å². The van der Waals surface area contributed by atoms with E-state index in [4.69, 9.17) is 15.2 Å². The van der Waals surface area contributed by atoms with Crippen molar-refractivity contribution < 1.29 is 19.1 Å². The van der Waals surface area contributed by atoms with E-state index in [1.54, 1.807) is 4.90 Å². The SMILES string of the molecule is COC(=O)C(N)C1(C2CCN(C(=O)OC(C)(C)C)CC2)CC1. The Balaban J connectivity index is 1.90. The molecule has 0 radical (unpaired) electrons. The highest BCUT2D eigenvalue weighted by Crippen LogP contribution is 2.57. The van der Waals surface area contributed by atoms with Crippen LogP contribution in [0.4, 0.5) is 4.79 Å². The molecule has 0 aromatic carbocycles. The Morgan fingerprint density at radius 1 is 1.23 bits per heavy atom. The number of piperidine rings is 1. The molecule has 2 fully saturated rings. The fourth-order valence-corrected chi connectivity index (χ4v) is 3.44. The van der Waals surface area contributed by atoms with Crippen molar-refractivity contribution in [1.82, 2.24) is 4.90 Å². The van der Waals surface area contributed by atoms with Crippen molar-refractivity contribution in [3.63, 3.8) is 0 Å². The number of likely N-dealkylation sites (tertiary alicyclic amines) is 1. The summed E-state index contributed by atoms with van der Waals surface area (Å²) in [5.41, 5.74) is 5.51. The molecule has 0 aromatic rings. The van der Waals surface area contributed by atoms with Gasteiger partial charge in [0.15, 0.2) is 0 Å². The molecule has 1 unspecified atom stereocenters. The lowest BCUT2D eigenvalue weighted by Gasteiger charge is -2.38. The van der Waals surface area contributed by atoms with Crippen LogP contribution in [0.1, 0.15) is 46.5 Å². The fourth-order valence-electron chi connectivity index (χ4n) is 3.44. The number of nitrogens with zero attached hydrogens (tertiary/aromatic N) is 1.